The van der Waals surface area contributed by atoms with E-state index in [1.807, 2.05) is 0 Å². The summed E-state index contributed by atoms with van der Waals surface area (Å²) >= 11 is 0. The number of hydrogen-bond donors (Lipinski definition) is 2. The van der Waals surface area contributed by atoms with Crippen molar-refractivity contribution in [2.75, 3.05) is 11.9 Å². The summed E-state index contributed by atoms with van der Waals surface area (Å²) in [6, 6.07) is 0. The molecule has 2 aromatic heterocycles. The van der Waals surface area contributed by atoms with Crippen LogP contribution in [0.2, 0.25) is 0 Å². The maximum atomic E-state index is 12.8. The highest BCUT2D eigenvalue weighted by atomic mass is 16.7. The molecule has 3 heterocycles. The Balaban J connectivity index is 2.09. The minimum absolute atomic E-state index is 0.0205. The second-order valence-electron chi connectivity index (χ2n) is 10.8. The van der Waals surface area contributed by atoms with Gasteiger partial charge in [0.2, 0.25) is 11.9 Å². The van der Waals surface area contributed by atoms with E-state index in [4.69, 9.17) is 18.9 Å². The Bertz CT molecular complexity index is 1310. The molecule has 1 aliphatic heterocycles. The highest BCUT2D eigenvalue weighted by molar-refractivity contribution is 5.91. The molecular formula is C26H37N5O9. The van der Waals surface area contributed by atoms with E-state index in [1.165, 1.54) is 10.9 Å². The van der Waals surface area contributed by atoms with Crippen molar-refractivity contribution in [2.45, 2.75) is 79.9 Å². The van der Waals surface area contributed by atoms with E-state index in [-0.39, 0.29) is 35.5 Å². The first-order chi connectivity index (χ1) is 18.7. The highest BCUT2D eigenvalue weighted by Crippen LogP contribution is 2.36. The number of amides is 1. The van der Waals surface area contributed by atoms with Gasteiger partial charge in [0.25, 0.3) is 5.56 Å². The molecule has 2 N–H and O–H groups in total. The van der Waals surface area contributed by atoms with Gasteiger partial charge < -0.3 is 18.9 Å². The monoisotopic (exact) mass is 563 g/mol. The van der Waals surface area contributed by atoms with E-state index < -0.39 is 65.8 Å². The molecule has 1 fully saturated rings. The van der Waals surface area contributed by atoms with Gasteiger partial charge in [-0.2, -0.15) is 4.98 Å². The Labute approximate surface area is 231 Å². The molecule has 0 bridgehead atoms. The predicted molar refractivity (Wildman–Crippen MR) is 141 cm³/mol. The summed E-state index contributed by atoms with van der Waals surface area (Å²) in [5.41, 5.74) is -0.667. The van der Waals surface area contributed by atoms with Crippen molar-refractivity contribution in [2.24, 2.45) is 23.7 Å². The summed E-state index contributed by atoms with van der Waals surface area (Å²) in [5.74, 6) is -4.00. The van der Waals surface area contributed by atoms with E-state index in [0.717, 1.165) is 0 Å². The number of aromatic nitrogens is 4. The first-order valence-electron chi connectivity index (χ1n) is 13.2. The number of H-pyrrole nitrogens is 1. The normalized spacial score (nSPS) is 20.9. The summed E-state index contributed by atoms with van der Waals surface area (Å²) in [6.07, 6.45) is -3.32. The summed E-state index contributed by atoms with van der Waals surface area (Å²) in [6.45, 7) is 13.0. The molecular weight excluding hydrogens is 526 g/mol. The number of carbonyl (C=O) groups excluding carboxylic acids is 4. The van der Waals surface area contributed by atoms with Gasteiger partial charge in [0.15, 0.2) is 29.6 Å². The fraction of sp³-hybridized carbons (Fsp3) is 0.654. The molecule has 1 aliphatic rings. The topological polar surface area (TPSA) is 181 Å². The SMILES string of the molecule is CC(C)C(=O)Nc1nc2c(ncn2[C@@H]2O[C@H](COC(=O)C(C)C)[C@H](OC(=O)C(C)C)[C@H]2OC(=O)C(C)C)c(=O)[nH]1. The number of hydrogen-bond acceptors (Lipinski definition) is 11. The summed E-state index contributed by atoms with van der Waals surface area (Å²) in [4.78, 5) is 73.6. The summed E-state index contributed by atoms with van der Waals surface area (Å²) in [7, 11) is 0. The van der Waals surface area contributed by atoms with Crippen LogP contribution in [0.3, 0.4) is 0 Å². The number of fused-ring (bicyclic) bond motifs is 1. The molecule has 0 spiro atoms. The van der Waals surface area contributed by atoms with E-state index in [0.29, 0.717) is 0 Å². The van der Waals surface area contributed by atoms with Crippen LogP contribution in [0, 0.1) is 23.7 Å². The van der Waals surface area contributed by atoms with E-state index >= 15 is 0 Å². The highest BCUT2D eigenvalue weighted by Gasteiger charge is 2.52. The van der Waals surface area contributed by atoms with Crippen LogP contribution in [-0.2, 0) is 38.1 Å². The average molecular weight is 564 g/mol. The standard InChI is InChI=1S/C26H37N5O9/c1-11(2)20(32)29-26-28-19-16(21(33)30-26)27-10-31(19)22-18(40-25(36)14(7)8)17(39-24(35)13(5)6)15(38-22)9-37-23(34)12(3)4/h10-15,17-18,22H,9H2,1-8H3,(H2,28,29,30,32,33)/t15-,17+,18-,22-/m1/s1. The number of nitrogens with zero attached hydrogens (tertiary/aromatic N) is 3. The zero-order chi connectivity index (χ0) is 29.9. The van der Waals surface area contributed by atoms with Gasteiger partial charge >= 0.3 is 17.9 Å². The fourth-order valence-electron chi connectivity index (χ4n) is 3.64. The first-order valence-corrected chi connectivity index (χ1v) is 13.2. The van der Waals surface area contributed by atoms with Crippen molar-refractivity contribution in [3.8, 4) is 0 Å². The molecule has 1 amide bonds. The quantitative estimate of drug-likeness (QED) is 0.318. The summed E-state index contributed by atoms with van der Waals surface area (Å²) < 4.78 is 24.4. The molecule has 0 radical (unpaired) electrons. The van der Waals surface area contributed by atoms with Gasteiger partial charge in [-0.25, -0.2) is 4.98 Å². The molecule has 0 aromatic carbocycles. The van der Waals surface area contributed by atoms with Crippen LogP contribution >= 0.6 is 0 Å². The van der Waals surface area contributed by atoms with Crippen LogP contribution < -0.4 is 10.9 Å². The average Bonchev–Trinajstić information content (AvgIpc) is 3.43. The lowest BCUT2D eigenvalue weighted by atomic mass is 10.1. The van der Waals surface area contributed by atoms with Gasteiger partial charge in [-0.1, -0.05) is 55.4 Å². The van der Waals surface area contributed by atoms with Gasteiger partial charge in [-0.05, 0) is 0 Å². The van der Waals surface area contributed by atoms with Crippen LogP contribution in [-0.4, -0.2) is 68.3 Å². The molecule has 3 rings (SSSR count). The van der Waals surface area contributed by atoms with Crippen molar-refractivity contribution < 1.29 is 38.1 Å². The van der Waals surface area contributed by atoms with Crippen LogP contribution in [0.4, 0.5) is 5.95 Å². The predicted octanol–water partition coefficient (Wildman–Crippen LogP) is 1.95. The smallest absolute Gasteiger partial charge is 0.308 e. The molecule has 0 unspecified atom stereocenters. The van der Waals surface area contributed by atoms with Gasteiger partial charge in [0.05, 0.1) is 24.1 Å². The van der Waals surface area contributed by atoms with Gasteiger partial charge in [-0.15, -0.1) is 0 Å². The maximum Gasteiger partial charge on any atom is 0.308 e. The van der Waals surface area contributed by atoms with E-state index in [1.54, 1.807) is 55.4 Å². The third kappa shape index (κ3) is 6.84. The lowest BCUT2D eigenvalue weighted by molar-refractivity contribution is -0.173. The Hall–Kier alpha value is -3.81. The van der Waals surface area contributed by atoms with Gasteiger partial charge in [0.1, 0.15) is 12.7 Å². The van der Waals surface area contributed by atoms with Crippen LogP contribution in [0.5, 0.6) is 0 Å². The molecule has 2 aromatic rings. The zero-order valence-corrected chi connectivity index (χ0v) is 23.9. The molecule has 1 saturated heterocycles. The zero-order valence-electron chi connectivity index (χ0n) is 23.9. The fourth-order valence-corrected chi connectivity index (χ4v) is 3.64. The number of ether oxygens (including phenoxy) is 4. The second-order valence-corrected chi connectivity index (χ2v) is 10.8. The second kappa shape index (κ2) is 12.6. The Morgan fingerprint density at radius 3 is 2.05 bits per heavy atom. The molecule has 14 heteroatoms. The Kier molecular flexibility index (Phi) is 9.66. The van der Waals surface area contributed by atoms with Gasteiger partial charge in [-0.3, -0.25) is 38.8 Å². The van der Waals surface area contributed by atoms with E-state index in [9.17, 15) is 24.0 Å². The third-order valence-electron chi connectivity index (χ3n) is 6.07. The van der Waals surface area contributed by atoms with Crippen molar-refractivity contribution in [1.82, 2.24) is 19.5 Å². The Morgan fingerprint density at radius 1 is 0.925 bits per heavy atom. The number of carbonyl (C=O) groups is 4. The number of esters is 3. The number of anilines is 1. The number of rotatable bonds is 10. The molecule has 40 heavy (non-hydrogen) atoms. The molecule has 14 nitrogen and oxygen atoms in total. The molecule has 220 valence electrons. The lowest BCUT2D eigenvalue weighted by Gasteiger charge is -2.26. The third-order valence-corrected chi connectivity index (χ3v) is 6.07. The van der Waals surface area contributed by atoms with Crippen molar-refractivity contribution in [3.63, 3.8) is 0 Å². The van der Waals surface area contributed by atoms with Crippen LogP contribution in [0.15, 0.2) is 11.1 Å². The van der Waals surface area contributed by atoms with Crippen molar-refractivity contribution in [1.29, 1.82) is 0 Å². The van der Waals surface area contributed by atoms with E-state index in [2.05, 4.69) is 20.3 Å². The largest absolute Gasteiger partial charge is 0.463 e. The minimum atomic E-state index is -1.22. The minimum Gasteiger partial charge on any atom is -0.463 e. The number of aromatic amines is 1. The number of imidazole rings is 1. The van der Waals surface area contributed by atoms with Crippen LogP contribution in [0.25, 0.3) is 11.2 Å². The Morgan fingerprint density at radius 2 is 1.50 bits per heavy atom. The maximum absolute atomic E-state index is 12.8. The van der Waals surface area contributed by atoms with Crippen molar-refractivity contribution in [3.05, 3.63) is 16.7 Å². The molecule has 0 aliphatic carbocycles. The van der Waals surface area contributed by atoms with Crippen molar-refractivity contribution >= 4 is 40.9 Å². The lowest BCUT2D eigenvalue weighted by Crippen LogP contribution is -2.42. The van der Waals surface area contributed by atoms with Crippen LogP contribution in [0.1, 0.15) is 61.6 Å². The van der Waals surface area contributed by atoms with Gasteiger partial charge in [0, 0.05) is 5.92 Å². The summed E-state index contributed by atoms with van der Waals surface area (Å²) in [5, 5.41) is 2.54. The molecule has 4 atom stereocenters. The number of nitrogens with one attached hydrogen (secondary N) is 2. The molecule has 0 saturated carbocycles. The first kappa shape index (κ1) is 30.7.